The molecule has 0 bridgehead atoms. The van der Waals surface area contributed by atoms with E-state index in [1.807, 2.05) is 0 Å². The Hall–Kier alpha value is -1.05. The maximum atomic E-state index is 2.23. The van der Waals surface area contributed by atoms with Crippen LogP contribution in [0.25, 0.3) is 0 Å². The molecule has 0 atom stereocenters. The van der Waals surface area contributed by atoms with Gasteiger partial charge >= 0.3 is 0 Å². The summed E-state index contributed by atoms with van der Waals surface area (Å²) in [6.45, 7) is 0. The van der Waals surface area contributed by atoms with Crippen molar-refractivity contribution in [3.05, 3.63) is 49.1 Å². The standard InChI is InChI=1S/C10H14N3P/c1-11(2)14(12-7-3-4-8-12)13-9-5-6-10-13/h3-10H,1-2H3. The zero-order valence-corrected chi connectivity index (χ0v) is 9.30. The van der Waals surface area contributed by atoms with Gasteiger partial charge in [0, 0.05) is 24.8 Å². The highest BCUT2D eigenvalue weighted by atomic mass is 31.1. The predicted octanol–water partition coefficient (Wildman–Crippen LogP) is 2.47. The summed E-state index contributed by atoms with van der Waals surface area (Å²) in [7, 11) is 3.74. The van der Waals surface area contributed by atoms with E-state index in [9.17, 15) is 0 Å². The SMILES string of the molecule is CN(C)P(n1cccc1)n1cccc1. The molecule has 0 aromatic carbocycles. The van der Waals surface area contributed by atoms with Gasteiger partial charge in [-0.3, -0.25) is 4.67 Å². The molecule has 0 saturated heterocycles. The van der Waals surface area contributed by atoms with Crippen molar-refractivity contribution < 1.29 is 0 Å². The zero-order valence-electron chi connectivity index (χ0n) is 8.41. The molecular formula is C10H14N3P. The van der Waals surface area contributed by atoms with Crippen LogP contribution in [-0.4, -0.2) is 27.4 Å². The summed E-state index contributed by atoms with van der Waals surface area (Å²) in [5.41, 5.74) is 0. The fourth-order valence-electron chi connectivity index (χ4n) is 1.42. The van der Waals surface area contributed by atoms with Gasteiger partial charge in [0.25, 0.3) is 0 Å². The van der Waals surface area contributed by atoms with Crippen molar-refractivity contribution in [2.24, 2.45) is 0 Å². The van der Waals surface area contributed by atoms with E-state index < -0.39 is 8.37 Å². The molecule has 4 heteroatoms. The Morgan fingerprint density at radius 3 is 1.43 bits per heavy atom. The van der Waals surface area contributed by atoms with Gasteiger partial charge in [0.05, 0.1) is 0 Å². The fourth-order valence-corrected chi connectivity index (χ4v) is 3.27. The number of rotatable bonds is 3. The van der Waals surface area contributed by atoms with Gasteiger partial charge in [0.15, 0.2) is 8.37 Å². The third kappa shape index (κ3) is 1.74. The van der Waals surface area contributed by atoms with Crippen LogP contribution in [0.15, 0.2) is 49.1 Å². The average molecular weight is 207 g/mol. The van der Waals surface area contributed by atoms with Crippen molar-refractivity contribution in [2.75, 3.05) is 14.1 Å². The van der Waals surface area contributed by atoms with Crippen LogP contribution in [0.1, 0.15) is 0 Å². The first-order valence-corrected chi connectivity index (χ1v) is 5.73. The molecule has 0 amide bonds. The van der Waals surface area contributed by atoms with Gasteiger partial charge in [-0.25, -0.2) is 0 Å². The lowest BCUT2D eigenvalue weighted by Crippen LogP contribution is -2.13. The molecule has 0 N–H and O–H groups in total. The molecule has 2 heterocycles. The molecule has 0 aliphatic carbocycles. The summed E-state index contributed by atoms with van der Waals surface area (Å²) < 4.78 is 6.69. The maximum absolute atomic E-state index is 2.23. The van der Waals surface area contributed by atoms with Gasteiger partial charge in [0.2, 0.25) is 0 Å². The van der Waals surface area contributed by atoms with Crippen LogP contribution < -0.4 is 0 Å². The molecule has 14 heavy (non-hydrogen) atoms. The summed E-state index contributed by atoms with van der Waals surface area (Å²) in [6, 6.07) is 8.23. The smallest absolute Gasteiger partial charge is 0.185 e. The van der Waals surface area contributed by atoms with Crippen LogP contribution in [-0.2, 0) is 0 Å². The Morgan fingerprint density at radius 1 is 0.786 bits per heavy atom. The number of hydrogen-bond donors (Lipinski definition) is 0. The highest BCUT2D eigenvalue weighted by Gasteiger charge is 2.13. The molecule has 2 aromatic rings. The molecule has 0 spiro atoms. The predicted molar refractivity (Wildman–Crippen MR) is 60.3 cm³/mol. The Bertz CT molecular complexity index is 330. The molecule has 0 unspecified atom stereocenters. The van der Waals surface area contributed by atoms with E-state index in [1.165, 1.54) is 0 Å². The molecule has 0 fully saturated rings. The minimum absolute atomic E-state index is 0.469. The van der Waals surface area contributed by atoms with Crippen LogP contribution in [0.4, 0.5) is 0 Å². The Kier molecular flexibility index (Phi) is 2.71. The Balaban J connectivity index is 2.35. The normalized spacial score (nSPS) is 11.4. The molecule has 0 saturated carbocycles. The number of aromatic nitrogens is 2. The van der Waals surface area contributed by atoms with Gasteiger partial charge in [-0.2, -0.15) is 0 Å². The lowest BCUT2D eigenvalue weighted by Gasteiger charge is -2.25. The van der Waals surface area contributed by atoms with Crippen molar-refractivity contribution in [2.45, 2.75) is 0 Å². The van der Waals surface area contributed by atoms with Gasteiger partial charge in [-0.05, 0) is 38.4 Å². The van der Waals surface area contributed by atoms with E-state index in [4.69, 9.17) is 0 Å². The fraction of sp³-hybridized carbons (Fsp3) is 0.200. The second kappa shape index (κ2) is 3.99. The van der Waals surface area contributed by atoms with Crippen LogP contribution >= 0.6 is 8.37 Å². The lowest BCUT2D eigenvalue weighted by atomic mass is 10.7. The highest BCUT2D eigenvalue weighted by molar-refractivity contribution is 7.51. The van der Waals surface area contributed by atoms with Gasteiger partial charge in [0.1, 0.15) is 0 Å². The summed E-state index contributed by atoms with van der Waals surface area (Å²) in [5, 5.41) is 0. The molecule has 2 aromatic heterocycles. The number of nitrogens with zero attached hydrogens (tertiary/aromatic N) is 3. The number of hydrogen-bond acceptors (Lipinski definition) is 1. The largest absolute Gasteiger partial charge is 0.303 e. The lowest BCUT2D eigenvalue weighted by molar-refractivity contribution is 0.654. The summed E-state index contributed by atoms with van der Waals surface area (Å²) >= 11 is 0. The molecule has 74 valence electrons. The van der Waals surface area contributed by atoms with E-state index in [0.717, 1.165) is 0 Å². The third-order valence-electron chi connectivity index (χ3n) is 1.95. The molecule has 0 aliphatic heterocycles. The molecule has 0 aliphatic rings. The van der Waals surface area contributed by atoms with Crippen LogP contribution in [0.2, 0.25) is 0 Å². The van der Waals surface area contributed by atoms with Crippen molar-refractivity contribution in [1.82, 2.24) is 13.3 Å². The first-order valence-electron chi connectivity index (χ1n) is 4.53. The molecule has 3 nitrogen and oxygen atoms in total. The average Bonchev–Trinajstić information content (AvgIpc) is 2.75. The Morgan fingerprint density at radius 2 is 1.14 bits per heavy atom. The van der Waals surface area contributed by atoms with Gasteiger partial charge in [-0.1, -0.05) is 0 Å². The third-order valence-corrected chi connectivity index (χ3v) is 4.02. The topological polar surface area (TPSA) is 13.1 Å². The van der Waals surface area contributed by atoms with Crippen molar-refractivity contribution in [3.8, 4) is 0 Å². The van der Waals surface area contributed by atoms with E-state index in [2.05, 4.69) is 76.5 Å². The van der Waals surface area contributed by atoms with Crippen LogP contribution in [0.3, 0.4) is 0 Å². The summed E-state index contributed by atoms with van der Waals surface area (Å²) in [5.74, 6) is 0. The summed E-state index contributed by atoms with van der Waals surface area (Å²) in [4.78, 5) is 0. The van der Waals surface area contributed by atoms with E-state index in [-0.39, 0.29) is 0 Å². The molecule has 0 radical (unpaired) electrons. The van der Waals surface area contributed by atoms with Crippen LogP contribution in [0, 0.1) is 0 Å². The van der Waals surface area contributed by atoms with E-state index in [1.54, 1.807) is 0 Å². The monoisotopic (exact) mass is 207 g/mol. The van der Waals surface area contributed by atoms with E-state index in [0.29, 0.717) is 0 Å². The second-order valence-corrected chi connectivity index (χ2v) is 5.50. The van der Waals surface area contributed by atoms with Gasteiger partial charge in [-0.15, -0.1) is 0 Å². The minimum Gasteiger partial charge on any atom is -0.303 e. The first-order chi connectivity index (χ1) is 6.79. The van der Waals surface area contributed by atoms with Crippen LogP contribution in [0.5, 0.6) is 0 Å². The molecule has 2 rings (SSSR count). The zero-order chi connectivity index (χ0) is 9.97. The molecular weight excluding hydrogens is 193 g/mol. The van der Waals surface area contributed by atoms with Gasteiger partial charge < -0.3 is 8.68 Å². The van der Waals surface area contributed by atoms with Crippen molar-refractivity contribution in [1.29, 1.82) is 0 Å². The Labute approximate surface area is 85.5 Å². The van der Waals surface area contributed by atoms with E-state index >= 15 is 0 Å². The highest BCUT2D eigenvalue weighted by Crippen LogP contribution is 2.40. The first kappa shape index (κ1) is 9.50. The summed E-state index contributed by atoms with van der Waals surface area (Å²) in [6.07, 6.45) is 8.41. The minimum atomic E-state index is -0.469. The maximum Gasteiger partial charge on any atom is 0.185 e. The van der Waals surface area contributed by atoms with Crippen molar-refractivity contribution >= 4 is 8.37 Å². The second-order valence-electron chi connectivity index (χ2n) is 3.24. The quantitative estimate of drug-likeness (QED) is 0.705. The van der Waals surface area contributed by atoms with Crippen molar-refractivity contribution in [3.63, 3.8) is 0 Å².